The number of carbonyl (C=O) groups is 1. The van der Waals surface area contributed by atoms with Gasteiger partial charge in [0.15, 0.2) is 6.29 Å². The lowest BCUT2D eigenvalue weighted by Gasteiger charge is -2.40. The summed E-state index contributed by atoms with van der Waals surface area (Å²) in [5.74, 6) is -0.197. The van der Waals surface area contributed by atoms with Gasteiger partial charge in [-0.2, -0.15) is 0 Å². The fourth-order valence-electron chi connectivity index (χ4n) is 5.95. The largest absolute Gasteiger partial charge is 0.394 e. The van der Waals surface area contributed by atoms with E-state index in [9.17, 15) is 30.3 Å². The minimum atomic E-state index is -1.57. The van der Waals surface area contributed by atoms with Crippen LogP contribution in [-0.2, 0) is 14.3 Å². The van der Waals surface area contributed by atoms with Crippen molar-refractivity contribution in [2.24, 2.45) is 0 Å². The molecular formula is C40H73NO8. The average molecular weight is 696 g/mol. The number of allylic oxidation sites excluding steroid dienone is 5. The number of aliphatic hydroxyl groups excluding tert-OH is 5. The standard InChI is InChI=1S/C40H73NO8/c1-3-5-7-9-11-13-14-15-16-17-18-19-20-22-23-25-27-29-34(43)33(32-48-40-39(47)38(46)37(45)35(31-42)49-40)41-36(44)30-28-26-24-21-12-10-8-6-4-2/h16-17,20,22,27,29,33-35,37-40,42-43,45-47H,3-15,18-19,21,23-26,28,30-32H2,1-2H3,(H,41,44)/b17-16+,22-20+,29-27+. The van der Waals surface area contributed by atoms with E-state index in [0.29, 0.717) is 6.42 Å². The predicted molar refractivity (Wildman–Crippen MR) is 198 cm³/mol. The van der Waals surface area contributed by atoms with Gasteiger partial charge in [-0.05, 0) is 44.9 Å². The topological polar surface area (TPSA) is 149 Å². The van der Waals surface area contributed by atoms with Crippen LogP contribution in [0, 0.1) is 0 Å². The molecule has 1 amide bonds. The smallest absolute Gasteiger partial charge is 0.220 e. The lowest BCUT2D eigenvalue weighted by Crippen LogP contribution is -2.60. The number of aliphatic hydroxyl groups is 5. The van der Waals surface area contributed by atoms with Gasteiger partial charge < -0.3 is 40.3 Å². The Balaban J connectivity index is 2.47. The van der Waals surface area contributed by atoms with E-state index in [1.165, 1.54) is 89.9 Å². The molecule has 1 fully saturated rings. The van der Waals surface area contributed by atoms with Crippen molar-refractivity contribution >= 4 is 5.91 Å². The zero-order valence-corrected chi connectivity index (χ0v) is 30.9. The van der Waals surface area contributed by atoms with Crippen LogP contribution in [0.1, 0.15) is 155 Å². The molecule has 1 saturated heterocycles. The van der Waals surface area contributed by atoms with Crippen molar-refractivity contribution in [2.75, 3.05) is 13.2 Å². The molecule has 1 aliphatic heterocycles. The van der Waals surface area contributed by atoms with Crippen molar-refractivity contribution in [2.45, 2.75) is 198 Å². The Hall–Kier alpha value is -1.59. The van der Waals surface area contributed by atoms with Gasteiger partial charge in [-0.25, -0.2) is 0 Å². The SMILES string of the molecule is CCCCCCCCC/C=C/CC/C=C/CC/C=C/C(O)C(COC1OC(CO)C(O)C(O)C1O)NC(=O)CCCCCCCCCCC. The molecule has 6 N–H and O–H groups in total. The van der Waals surface area contributed by atoms with Crippen LogP contribution in [0.5, 0.6) is 0 Å². The van der Waals surface area contributed by atoms with E-state index in [1.54, 1.807) is 6.08 Å². The fraction of sp³-hybridized carbons (Fsp3) is 0.825. The van der Waals surface area contributed by atoms with Crippen LogP contribution in [0.25, 0.3) is 0 Å². The van der Waals surface area contributed by atoms with Crippen LogP contribution in [0.4, 0.5) is 0 Å². The van der Waals surface area contributed by atoms with Gasteiger partial charge in [-0.15, -0.1) is 0 Å². The summed E-state index contributed by atoms with van der Waals surface area (Å²) in [6, 6.07) is -0.821. The van der Waals surface area contributed by atoms with Gasteiger partial charge in [0, 0.05) is 6.42 Å². The molecule has 1 heterocycles. The molecule has 9 heteroatoms. The van der Waals surface area contributed by atoms with Gasteiger partial charge >= 0.3 is 0 Å². The third-order valence-electron chi connectivity index (χ3n) is 9.20. The first-order valence-electron chi connectivity index (χ1n) is 19.7. The normalized spacial score (nSPS) is 22.8. The van der Waals surface area contributed by atoms with Gasteiger partial charge in [-0.3, -0.25) is 4.79 Å². The molecule has 0 aliphatic carbocycles. The number of hydrogen-bond acceptors (Lipinski definition) is 8. The summed E-state index contributed by atoms with van der Waals surface area (Å²) in [7, 11) is 0. The van der Waals surface area contributed by atoms with E-state index in [-0.39, 0.29) is 12.5 Å². The van der Waals surface area contributed by atoms with Crippen molar-refractivity contribution in [3.05, 3.63) is 36.5 Å². The lowest BCUT2D eigenvalue weighted by atomic mass is 9.99. The molecule has 0 saturated carbocycles. The predicted octanol–water partition coefficient (Wildman–Crippen LogP) is 6.94. The molecule has 0 aromatic heterocycles. The minimum Gasteiger partial charge on any atom is -0.394 e. The van der Waals surface area contributed by atoms with E-state index in [0.717, 1.165) is 44.9 Å². The zero-order valence-electron chi connectivity index (χ0n) is 30.9. The summed E-state index contributed by atoms with van der Waals surface area (Å²) < 4.78 is 11.1. The van der Waals surface area contributed by atoms with Crippen molar-refractivity contribution < 1.29 is 39.8 Å². The first kappa shape index (κ1) is 45.4. The number of unbranched alkanes of at least 4 members (excludes halogenated alkanes) is 17. The molecule has 49 heavy (non-hydrogen) atoms. The number of rotatable bonds is 31. The molecule has 0 bridgehead atoms. The van der Waals surface area contributed by atoms with Gasteiger partial charge in [0.05, 0.1) is 25.4 Å². The van der Waals surface area contributed by atoms with Gasteiger partial charge in [0.25, 0.3) is 0 Å². The monoisotopic (exact) mass is 696 g/mol. The van der Waals surface area contributed by atoms with Crippen molar-refractivity contribution in [3.63, 3.8) is 0 Å². The Morgan fingerprint density at radius 3 is 1.71 bits per heavy atom. The summed E-state index contributed by atoms with van der Waals surface area (Å²) in [5.41, 5.74) is 0. The van der Waals surface area contributed by atoms with Crippen LogP contribution < -0.4 is 5.32 Å². The highest BCUT2D eigenvalue weighted by Crippen LogP contribution is 2.22. The molecule has 9 nitrogen and oxygen atoms in total. The molecule has 0 aromatic rings. The first-order valence-corrected chi connectivity index (χ1v) is 19.7. The van der Waals surface area contributed by atoms with Crippen LogP contribution in [0.3, 0.4) is 0 Å². The van der Waals surface area contributed by atoms with E-state index in [1.807, 2.05) is 6.08 Å². The molecule has 1 aliphatic rings. The maximum atomic E-state index is 12.8. The average Bonchev–Trinajstić information content (AvgIpc) is 3.10. The Kier molecular flexibility index (Phi) is 28.9. The Morgan fingerprint density at radius 1 is 0.673 bits per heavy atom. The van der Waals surface area contributed by atoms with Crippen molar-refractivity contribution in [1.82, 2.24) is 5.32 Å². The quantitative estimate of drug-likeness (QED) is 0.0338. The molecule has 0 aromatic carbocycles. The van der Waals surface area contributed by atoms with Gasteiger partial charge in [-0.1, -0.05) is 140 Å². The Labute approximate surface area is 298 Å². The van der Waals surface area contributed by atoms with Crippen molar-refractivity contribution in [3.8, 4) is 0 Å². The highest BCUT2D eigenvalue weighted by Gasteiger charge is 2.44. The van der Waals surface area contributed by atoms with Gasteiger partial charge in [0.1, 0.15) is 24.4 Å². The first-order chi connectivity index (χ1) is 23.8. The van der Waals surface area contributed by atoms with Gasteiger partial charge in [0.2, 0.25) is 5.91 Å². The van der Waals surface area contributed by atoms with E-state index in [2.05, 4.69) is 43.5 Å². The Morgan fingerprint density at radius 2 is 1.16 bits per heavy atom. The van der Waals surface area contributed by atoms with Crippen LogP contribution in [0.2, 0.25) is 0 Å². The lowest BCUT2D eigenvalue weighted by molar-refractivity contribution is -0.302. The maximum Gasteiger partial charge on any atom is 0.220 e. The fourth-order valence-corrected chi connectivity index (χ4v) is 5.95. The second kappa shape index (κ2) is 31.2. The number of hydrogen-bond donors (Lipinski definition) is 6. The second-order valence-corrected chi connectivity index (χ2v) is 13.7. The second-order valence-electron chi connectivity index (χ2n) is 13.7. The number of ether oxygens (including phenoxy) is 2. The molecule has 286 valence electrons. The summed E-state index contributed by atoms with van der Waals surface area (Å²) in [6.45, 7) is 3.69. The molecule has 0 spiro atoms. The molecular weight excluding hydrogens is 622 g/mol. The number of nitrogens with one attached hydrogen (secondary N) is 1. The maximum absolute atomic E-state index is 12.8. The van der Waals surface area contributed by atoms with E-state index >= 15 is 0 Å². The van der Waals surface area contributed by atoms with E-state index < -0.39 is 49.5 Å². The van der Waals surface area contributed by atoms with Crippen molar-refractivity contribution in [1.29, 1.82) is 0 Å². The third kappa shape index (κ3) is 22.8. The highest BCUT2D eigenvalue weighted by molar-refractivity contribution is 5.76. The number of amides is 1. The van der Waals surface area contributed by atoms with E-state index in [4.69, 9.17) is 9.47 Å². The summed E-state index contributed by atoms with van der Waals surface area (Å²) in [5, 5.41) is 53.8. The van der Waals surface area contributed by atoms with Crippen LogP contribution in [-0.4, -0.2) is 87.5 Å². The third-order valence-corrected chi connectivity index (χ3v) is 9.20. The molecule has 7 atom stereocenters. The molecule has 7 unspecified atom stereocenters. The zero-order chi connectivity index (χ0) is 36.0. The highest BCUT2D eigenvalue weighted by atomic mass is 16.7. The summed E-state index contributed by atoms with van der Waals surface area (Å²) in [6.07, 6.45) is 29.1. The minimum absolute atomic E-state index is 0.197. The molecule has 0 radical (unpaired) electrons. The number of carbonyl (C=O) groups excluding carboxylic acids is 1. The van der Waals surface area contributed by atoms with Crippen LogP contribution in [0.15, 0.2) is 36.5 Å². The molecule has 1 rings (SSSR count). The van der Waals surface area contributed by atoms with Crippen LogP contribution >= 0.6 is 0 Å². The summed E-state index contributed by atoms with van der Waals surface area (Å²) >= 11 is 0. The Bertz CT molecular complexity index is 863. The summed E-state index contributed by atoms with van der Waals surface area (Å²) in [4.78, 5) is 12.8.